The maximum absolute atomic E-state index is 13.8. The summed E-state index contributed by atoms with van der Waals surface area (Å²) in [6.45, 7) is 4.06. The quantitative estimate of drug-likeness (QED) is 0.276. The van der Waals surface area contributed by atoms with Gasteiger partial charge in [-0.3, -0.25) is 9.36 Å². The van der Waals surface area contributed by atoms with Crippen molar-refractivity contribution in [3.8, 4) is 11.5 Å². The van der Waals surface area contributed by atoms with Crippen LogP contribution in [0.25, 0.3) is 6.08 Å². The van der Waals surface area contributed by atoms with Gasteiger partial charge in [-0.2, -0.15) is 0 Å². The number of methoxy groups -OCH3 is 1. The number of esters is 1. The van der Waals surface area contributed by atoms with Crippen LogP contribution in [0.15, 0.2) is 93.9 Å². The van der Waals surface area contributed by atoms with Crippen LogP contribution < -0.4 is 24.4 Å². The lowest BCUT2D eigenvalue weighted by Crippen LogP contribution is -2.39. The Kier molecular flexibility index (Phi) is 8.19. The molecule has 3 aromatic carbocycles. The molecule has 0 bridgehead atoms. The Bertz CT molecular complexity index is 1760. The second kappa shape index (κ2) is 11.9. The number of carbonyl (C=O) groups is 1. The average Bonchev–Trinajstić information content (AvgIpc) is 3.26. The van der Waals surface area contributed by atoms with Gasteiger partial charge >= 0.3 is 5.97 Å². The van der Waals surface area contributed by atoms with Crippen molar-refractivity contribution in [2.75, 3.05) is 13.7 Å². The summed E-state index contributed by atoms with van der Waals surface area (Å²) in [5.74, 6) is 0.380. The Morgan fingerprint density at radius 2 is 1.80 bits per heavy atom. The van der Waals surface area contributed by atoms with E-state index in [4.69, 9.17) is 25.8 Å². The number of aromatic nitrogens is 1. The van der Waals surface area contributed by atoms with Gasteiger partial charge in [-0.25, -0.2) is 9.79 Å². The molecule has 5 rings (SSSR count). The molecule has 1 aliphatic rings. The standard InChI is InChI=1S/C31H27ClN2O5S/c1-4-38-30(36)26-19(2)33-31-34(27(26)22-13-9-6-10-14-22)29(35)25(40-31)17-21-15-23(32)28(24(16-21)37-3)39-18-20-11-7-5-8-12-20/h5-17,27H,4,18H2,1-3H3/b25-17-/t27-/m0/s1. The van der Waals surface area contributed by atoms with Gasteiger partial charge in [-0.15, -0.1) is 0 Å². The molecule has 204 valence electrons. The number of fused-ring (bicyclic) bond motifs is 1. The summed E-state index contributed by atoms with van der Waals surface area (Å²) in [5, 5.41) is 0.358. The molecule has 1 aromatic heterocycles. The Balaban J connectivity index is 1.58. The lowest BCUT2D eigenvalue weighted by Gasteiger charge is -2.24. The monoisotopic (exact) mass is 574 g/mol. The summed E-state index contributed by atoms with van der Waals surface area (Å²) >= 11 is 7.86. The largest absolute Gasteiger partial charge is 0.493 e. The predicted molar refractivity (Wildman–Crippen MR) is 156 cm³/mol. The van der Waals surface area contributed by atoms with Crippen molar-refractivity contribution in [2.45, 2.75) is 26.5 Å². The summed E-state index contributed by atoms with van der Waals surface area (Å²) in [7, 11) is 1.54. The van der Waals surface area contributed by atoms with Crippen LogP contribution in [0.3, 0.4) is 0 Å². The van der Waals surface area contributed by atoms with Gasteiger partial charge in [0.15, 0.2) is 16.3 Å². The molecule has 0 amide bonds. The Hall–Kier alpha value is -4.14. The molecule has 7 nitrogen and oxygen atoms in total. The van der Waals surface area contributed by atoms with Crippen molar-refractivity contribution in [3.63, 3.8) is 0 Å². The highest BCUT2D eigenvalue weighted by atomic mass is 35.5. The lowest BCUT2D eigenvalue weighted by molar-refractivity contribution is -0.139. The van der Waals surface area contributed by atoms with Gasteiger partial charge in [0.05, 0.1) is 40.6 Å². The van der Waals surface area contributed by atoms with E-state index < -0.39 is 12.0 Å². The van der Waals surface area contributed by atoms with E-state index in [0.29, 0.717) is 49.3 Å². The van der Waals surface area contributed by atoms with E-state index >= 15 is 0 Å². The number of thiazole rings is 1. The number of allylic oxidation sites excluding steroid dienone is 1. The Labute approximate surface area is 240 Å². The summed E-state index contributed by atoms with van der Waals surface area (Å²) in [4.78, 5) is 31.9. The fourth-order valence-electron chi connectivity index (χ4n) is 4.59. The van der Waals surface area contributed by atoms with Gasteiger partial charge in [0, 0.05) is 0 Å². The van der Waals surface area contributed by atoms with Crippen molar-refractivity contribution < 1.29 is 19.0 Å². The number of carbonyl (C=O) groups excluding carboxylic acids is 1. The van der Waals surface area contributed by atoms with Crippen LogP contribution in [-0.2, 0) is 16.1 Å². The van der Waals surface area contributed by atoms with E-state index in [9.17, 15) is 9.59 Å². The molecule has 0 N–H and O–H groups in total. The zero-order valence-corrected chi connectivity index (χ0v) is 23.8. The Morgan fingerprint density at radius 3 is 2.48 bits per heavy atom. The summed E-state index contributed by atoms with van der Waals surface area (Å²) < 4.78 is 18.9. The molecule has 0 radical (unpaired) electrons. The molecular weight excluding hydrogens is 548 g/mol. The number of hydrogen-bond acceptors (Lipinski definition) is 7. The van der Waals surface area contributed by atoms with Gasteiger partial charge < -0.3 is 14.2 Å². The maximum Gasteiger partial charge on any atom is 0.338 e. The summed E-state index contributed by atoms with van der Waals surface area (Å²) in [5.41, 5.74) is 3.04. The summed E-state index contributed by atoms with van der Waals surface area (Å²) in [6.07, 6.45) is 1.74. The molecule has 0 unspecified atom stereocenters. The van der Waals surface area contributed by atoms with Crippen LogP contribution in [0.5, 0.6) is 11.5 Å². The molecule has 4 aromatic rings. The first-order chi connectivity index (χ1) is 19.4. The van der Waals surface area contributed by atoms with E-state index in [1.54, 1.807) is 36.6 Å². The number of nitrogens with zero attached hydrogens (tertiary/aromatic N) is 2. The van der Waals surface area contributed by atoms with Crippen molar-refractivity contribution in [1.82, 2.24) is 4.57 Å². The fraction of sp³-hybridized carbons (Fsp3) is 0.194. The predicted octanol–water partition coefficient (Wildman–Crippen LogP) is 5.04. The fourth-order valence-corrected chi connectivity index (χ4v) is 5.91. The van der Waals surface area contributed by atoms with Crippen LogP contribution in [-0.4, -0.2) is 24.3 Å². The normalized spacial score (nSPS) is 14.9. The SMILES string of the molecule is CCOC(=O)C1=C(C)N=c2s/c(=C\c3cc(Cl)c(OCc4ccccc4)c(OC)c3)c(=O)n2[C@H]1c1ccccc1. The van der Waals surface area contributed by atoms with Crippen LogP contribution in [0.2, 0.25) is 5.02 Å². The molecule has 2 heterocycles. The number of halogens is 1. The molecule has 0 saturated carbocycles. The van der Waals surface area contributed by atoms with E-state index in [1.807, 2.05) is 60.7 Å². The topological polar surface area (TPSA) is 79.1 Å². The van der Waals surface area contributed by atoms with Crippen molar-refractivity contribution in [2.24, 2.45) is 4.99 Å². The Morgan fingerprint density at radius 1 is 1.10 bits per heavy atom. The van der Waals surface area contributed by atoms with Crippen LogP contribution >= 0.6 is 22.9 Å². The third kappa shape index (κ3) is 5.46. The summed E-state index contributed by atoms with van der Waals surface area (Å²) in [6, 6.07) is 22.0. The van der Waals surface area contributed by atoms with Crippen LogP contribution in [0.1, 0.15) is 36.6 Å². The highest BCUT2D eigenvalue weighted by Gasteiger charge is 2.33. The minimum absolute atomic E-state index is 0.217. The third-order valence-electron chi connectivity index (χ3n) is 6.41. The number of hydrogen-bond donors (Lipinski definition) is 0. The number of benzene rings is 3. The molecule has 1 aliphatic heterocycles. The molecule has 0 fully saturated rings. The van der Waals surface area contributed by atoms with E-state index in [1.165, 1.54) is 18.4 Å². The zero-order valence-electron chi connectivity index (χ0n) is 22.2. The minimum Gasteiger partial charge on any atom is -0.493 e. The van der Waals surface area contributed by atoms with Gasteiger partial charge in [0.1, 0.15) is 6.61 Å². The van der Waals surface area contributed by atoms with Gasteiger partial charge in [-0.1, -0.05) is 83.6 Å². The molecule has 0 aliphatic carbocycles. The van der Waals surface area contributed by atoms with E-state index in [0.717, 1.165) is 11.1 Å². The molecule has 9 heteroatoms. The maximum atomic E-state index is 13.8. The van der Waals surface area contributed by atoms with Crippen LogP contribution in [0.4, 0.5) is 0 Å². The van der Waals surface area contributed by atoms with Gasteiger partial charge in [0.25, 0.3) is 5.56 Å². The van der Waals surface area contributed by atoms with E-state index in [2.05, 4.69) is 4.99 Å². The molecule has 1 atom stereocenters. The van der Waals surface area contributed by atoms with E-state index in [-0.39, 0.29) is 12.2 Å². The van der Waals surface area contributed by atoms with Crippen molar-refractivity contribution in [3.05, 3.63) is 125 Å². The van der Waals surface area contributed by atoms with Crippen molar-refractivity contribution in [1.29, 1.82) is 0 Å². The first kappa shape index (κ1) is 27.4. The van der Waals surface area contributed by atoms with Gasteiger partial charge in [-0.05, 0) is 48.7 Å². The zero-order chi connectivity index (χ0) is 28.2. The highest BCUT2D eigenvalue weighted by Crippen LogP contribution is 2.37. The smallest absolute Gasteiger partial charge is 0.338 e. The molecular formula is C31H27ClN2O5S. The molecule has 0 saturated heterocycles. The third-order valence-corrected chi connectivity index (χ3v) is 7.67. The number of rotatable bonds is 8. The first-order valence-corrected chi connectivity index (χ1v) is 13.9. The highest BCUT2D eigenvalue weighted by molar-refractivity contribution is 7.07. The van der Waals surface area contributed by atoms with Crippen LogP contribution in [0, 0.1) is 0 Å². The first-order valence-electron chi connectivity index (χ1n) is 12.7. The second-order valence-electron chi connectivity index (χ2n) is 9.02. The molecule has 40 heavy (non-hydrogen) atoms. The number of ether oxygens (including phenoxy) is 3. The van der Waals surface area contributed by atoms with Crippen molar-refractivity contribution >= 4 is 35.0 Å². The van der Waals surface area contributed by atoms with Gasteiger partial charge in [0.2, 0.25) is 0 Å². The lowest BCUT2D eigenvalue weighted by atomic mass is 9.96. The minimum atomic E-state index is -0.662. The molecule has 0 spiro atoms. The second-order valence-corrected chi connectivity index (χ2v) is 10.4. The average molecular weight is 575 g/mol.